The lowest BCUT2D eigenvalue weighted by Gasteiger charge is -2.32. The highest BCUT2D eigenvalue weighted by molar-refractivity contribution is 5.79. The highest BCUT2D eigenvalue weighted by Crippen LogP contribution is 2.30. The quantitative estimate of drug-likeness (QED) is 0.812. The van der Waals surface area contributed by atoms with E-state index in [4.69, 9.17) is 5.73 Å². The number of carbonyl (C=O) groups is 1. The maximum Gasteiger partial charge on any atom is 0.224 e. The lowest BCUT2D eigenvalue weighted by molar-refractivity contribution is -0.121. The maximum absolute atomic E-state index is 12.1. The van der Waals surface area contributed by atoms with Crippen LogP contribution in [0.4, 0.5) is 5.69 Å². The second kappa shape index (κ2) is 6.48. The van der Waals surface area contributed by atoms with Crippen molar-refractivity contribution in [1.82, 2.24) is 10.2 Å². The van der Waals surface area contributed by atoms with Crippen LogP contribution >= 0.6 is 0 Å². The molecule has 3 rings (SSSR count). The molecule has 0 aromatic heterocycles. The molecule has 0 radical (unpaired) electrons. The number of nitrogen functional groups attached to an aromatic ring is 1. The summed E-state index contributed by atoms with van der Waals surface area (Å²) in [5.41, 5.74) is 7.41. The zero-order valence-corrected chi connectivity index (χ0v) is 12.6. The normalized spacial score (nSPS) is 20.4. The Labute approximate surface area is 126 Å². The number of anilines is 1. The van der Waals surface area contributed by atoms with Gasteiger partial charge in [-0.3, -0.25) is 4.79 Å². The number of likely N-dealkylation sites (tertiary alicyclic amines) is 1. The van der Waals surface area contributed by atoms with Crippen molar-refractivity contribution in [1.29, 1.82) is 0 Å². The lowest BCUT2D eigenvalue weighted by Crippen LogP contribution is -2.45. The van der Waals surface area contributed by atoms with Crippen molar-refractivity contribution in [2.75, 3.05) is 25.4 Å². The minimum absolute atomic E-state index is 0.125. The monoisotopic (exact) mass is 287 g/mol. The first-order valence-corrected chi connectivity index (χ1v) is 8.05. The Morgan fingerprint density at radius 2 is 1.81 bits per heavy atom. The van der Waals surface area contributed by atoms with Gasteiger partial charge in [0.05, 0.1) is 6.42 Å². The van der Waals surface area contributed by atoms with Gasteiger partial charge in [-0.2, -0.15) is 0 Å². The van der Waals surface area contributed by atoms with Gasteiger partial charge in [0.1, 0.15) is 0 Å². The molecule has 1 heterocycles. The fourth-order valence-electron chi connectivity index (χ4n) is 3.03. The molecule has 4 nitrogen and oxygen atoms in total. The van der Waals surface area contributed by atoms with Crippen molar-refractivity contribution in [3.05, 3.63) is 29.8 Å². The molecule has 4 heteroatoms. The molecule has 1 aromatic rings. The van der Waals surface area contributed by atoms with Crippen molar-refractivity contribution >= 4 is 11.6 Å². The molecule has 2 aliphatic rings. The fourth-order valence-corrected chi connectivity index (χ4v) is 3.03. The largest absolute Gasteiger partial charge is 0.399 e. The number of hydrogen-bond donors (Lipinski definition) is 2. The zero-order chi connectivity index (χ0) is 14.7. The van der Waals surface area contributed by atoms with E-state index in [9.17, 15) is 4.79 Å². The van der Waals surface area contributed by atoms with Gasteiger partial charge < -0.3 is 16.0 Å². The molecule has 114 valence electrons. The van der Waals surface area contributed by atoms with E-state index < -0.39 is 0 Å². The molecule has 0 bridgehead atoms. The Kier molecular flexibility index (Phi) is 4.44. The van der Waals surface area contributed by atoms with Crippen molar-refractivity contribution in [3.8, 4) is 0 Å². The summed E-state index contributed by atoms with van der Waals surface area (Å²) >= 11 is 0. The standard InChI is InChI=1S/C17H25N3O/c18-15-5-3-13(4-6-15)11-17(21)19-16-7-9-20(10-8-16)12-14-1-2-14/h3-6,14,16H,1-2,7-12,18H2,(H,19,21). The summed E-state index contributed by atoms with van der Waals surface area (Å²) in [6, 6.07) is 7.89. The molecule has 1 aliphatic carbocycles. The molecule has 0 spiro atoms. The molecule has 1 amide bonds. The number of nitrogens with zero attached hydrogens (tertiary/aromatic N) is 1. The van der Waals surface area contributed by atoms with Gasteiger partial charge in [0.15, 0.2) is 0 Å². The molecule has 1 aromatic carbocycles. The number of hydrogen-bond acceptors (Lipinski definition) is 3. The number of nitrogens with two attached hydrogens (primary N) is 1. The van der Waals surface area contributed by atoms with Gasteiger partial charge in [0.25, 0.3) is 0 Å². The molecule has 1 aliphatic heterocycles. The zero-order valence-electron chi connectivity index (χ0n) is 12.6. The molecule has 1 saturated heterocycles. The minimum atomic E-state index is 0.125. The Bertz CT molecular complexity index is 473. The molecular weight excluding hydrogens is 262 g/mol. The Balaban J connectivity index is 1.39. The number of amides is 1. The second-order valence-electron chi connectivity index (χ2n) is 6.50. The van der Waals surface area contributed by atoms with E-state index in [1.165, 1.54) is 19.4 Å². The van der Waals surface area contributed by atoms with Crippen LogP contribution < -0.4 is 11.1 Å². The summed E-state index contributed by atoms with van der Waals surface area (Å²) in [5, 5.41) is 3.17. The van der Waals surface area contributed by atoms with Gasteiger partial charge in [0, 0.05) is 31.4 Å². The van der Waals surface area contributed by atoms with Crippen LogP contribution in [0.2, 0.25) is 0 Å². The summed E-state index contributed by atoms with van der Waals surface area (Å²) in [5.74, 6) is 1.09. The van der Waals surface area contributed by atoms with Gasteiger partial charge in [0.2, 0.25) is 5.91 Å². The van der Waals surface area contributed by atoms with Crippen LogP contribution in [0.15, 0.2) is 24.3 Å². The number of nitrogens with one attached hydrogen (secondary N) is 1. The molecule has 0 atom stereocenters. The van der Waals surface area contributed by atoms with E-state index in [1.54, 1.807) is 0 Å². The second-order valence-corrected chi connectivity index (χ2v) is 6.50. The van der Waals surface area contributed by atoms with Crippen LogP contribution in [0.5, 0.6) is 0 Å². The van der Waals surface area contributed by atoms with Crippen LogP contribution in [0.3, 0.4) is 0 Å². The van der Waals surface area contributed by atoms with Crippen LogP contribution in [-0.2, 0) is 11.2 Å². The topological polar surface area (TPSA) is 58.4 Å². The lowest BCUT2D eigenvalue weighted by atomic mass is 10.0. The average Bonchev–Trinajstić information content (AvgIpc) is 3.28. The van der Waals surface area contributed by atoms with Gasteiger partial charge in [-0.1, -0.05) is 12.1 Å². The van der Waals surface area contributed by atoms with E-state index in [0.717, 1.165) is 43.1 Å². The van der Waals surface area contributed by atoms with Gasteiger partial charge in [-0.05, 0) is 49.3 Å². The molecule has 0 unspecified atom stereocenters. The Morgan fingerprint density at radius 1 is 1.14 bits per heavy atom. The van der Waals surface area contributed by atoms with Gasteiger partial charge in [-0.15, -0.1) is 0 Å². The third-order valence-electron chi connectivity index (χ3n) is 4.51. The molecular formula is C17H25N3O. The SMILES string of the molecule is Nc1ccc(CC(=O)NC2CCN(CC3CC3)CC2)cc1. The number of rotatable bonds is 5. The number of carbonyl (C=O) groups excluding carboxylic acids is 1. The van der Waals surface area contributed by atoms with Crippen LogP contribution in [-0.4, -0.2) is 36.5 Å². The molecule has 2 fully saturated rings. The van der Waals surface area contributed by atoms with Crippen molar-refractivity contribution in [3.63, 3.8) is 0 Å². The van der Waals surface area contributed by atoms with Gasteiger partial charge >= 0.3 is 0 Å². The number of benzene rings is 1. The maximum atomic E-state index is 12.1. The smallest absolute Gasteiger partial charge is 0.224 e. The molecule has 1 saturated carbocycles. The third kappa shape index (κ3) is 4.46. The average molecular weight is 287 g/mol. The predicted molar refractivity (Wildman–Crippen MR) is 84.9 cm³/mol. The summed E-state index contributed by atoms with van der Waals surface area (Å²) in [6.45, 7) is 3.53. The predicted octanol–water partition coefficient (Wildman–Crippen LogP) is 1.80. The van der Waals surface area contributed by atoms with Gasteiger partial charge in [-0.25, -0.2) is 0 Å². The summed E-state index contributed by atoms with van der Waals surface area (Å²) in [7, 11) is 0. The van der Waals surface area contributed by atoms with E-state index in [1.807, 2.05) is 24.3 Å². The molecule has 3 N–H and O–H groups in total. The van der Waals surface area contributed by atoms with Crippen LogP contribution in [0, 0.1) is 5.92 Å². The summed E-state index contributed by atoms with van der Waals surface area (Å²) < 4.78 is 0. The fraction of sp³-hybridized carbons (Fsp3) is 0.588. The highest BCUT2D eigenvalue weighted by Gasteiger charge is 2.27. The Hall–Kier alpha value is -1.55. The van der Waals surface area contributed by atoms with E-state index in [2.05, 4.69) is 10.2 Å². The van der Waals surface area contributed by atoms with Crippen molar-refractivity contribution in [2.45, 2.75) is 38.1 Å². The Morgan fingerprint density at radius 3 is 2.43 bits per heavy atom. The highest BCUT2D eigenvalue weighted by atomic mass is 16.1. The van der Waals surface area contributed by atoms with Crippen molar-refractivity contribution < 1.29 is 4.79 Å². The van der Waals surface area contributed by atoms with Crippen LogP contribution in [0.25, 0.3) is 0 Å². The summed E-state index contributed by atoms with van der Waals surface area (Å²) in [4.78, 5) is 14.6. The van der Waals surface area contributed by atoms with E-state index >= 15 is 0 Å². The first-order chi connectivity index (χ1) is 10.2. The summed E-state index contributed by atoms with van der Waals surface area (Å²) in [6.07, 6.45) is 5.44. The van der Waals surface area contributed by atoms with Crippen molar-refractivity contribution in [2.24, 2.45) is 5.92 Å². The third-order valence-corrected chi connectivity index (χ3v) is 4.51. The minimum Gasteiger partial charge on any atom is -0.399 e. The molecule has 21 heavy (non-hydrogen) atoms. The first kappa shape index (κ1) is 14.4. The van der Waals surface area contributed by atoms with E-state index in [-0.39, 0.29) is 5.91 Å². The van der Waals surface area contributed by atoms with Crippen LogP contribution in [0.1, 0.15) is 31.2 Å². The first-order valence-electron chi connectivity index (χ1n) is 8.05. The number of piperidine rings is 1. The van der Waals surface area contributed by atoms with E-state index in [0.29, 0.717) is 12.5 Å².